The molecule has 0 aliphatic carbocycles. The molecular weight excluding hydrogens is 358 g/mol. The molecule has 1 aromatic rings. The first kappa shape index (κ1) is 19.2. The minimum absolute atomic E-state index is 0.0880. The monoisotopic (exact) mass is 380 g/mol. The van der Waals surface area contributed by atoms with E-state index in [4.69, 9.17) is 0 Å². The molecule has 1 fully saturated rings. The van der Waals surface area contributed by atoms with Gasteiger partial charge in [-0.15, -0.1) is 0 Å². The largest absolute Gasteiger partial charge is 0.477 e. The molecule has 0 spiro atoms. The van der Waals surface area contributed by atoms with E-state index in [1.165, 1.54) is 10.7 Å². The molecule has 1 saturated heterocycles. The van der Waals surface area contributed by atoms with Crippen LogP contribution < -0.4 is 5.32 Å². The molecule has 3 rings (SSSR count). The highest BCUT2D eigenvalue weighted by Crippen LogP contribution is 2.27. The van der Waals surface area contributed by atoms with Crippen LogP contribution in [0.2, 0.25) is 0 Å². The van der Waals surface area contributed by atoms with Crippen molar-refractivity contribution < 1.29 is 23.5 Å². The molecule has 9 heteroatoms. The Morgan fingerprint density at radius 3 is 2.67 bits per heavy atom. The maximum absolute atomic E-state index is 12.8. The first-order valence-corrected chi connectivity index (χ1v) is 8.85. The minimum atomic E-state index is -2.72. The van der Waals surface area contributed by atoms with Crippen molar-refractivity contribution in [3.8, 4) is 0 Å². The van der Waals surface area contributed by atoms with Gasteiger partial charge in [-0.05, 0) is 56.5 Å². The molecule has 2 N–H and O–H groups in total. The molecule has 0 saturated carbocycles. The van der Waals surface area contributed by atoms with E-state index < -0.39 is 24.0 Å². The number of carboxylic acid groups (broad SMARTS) is 1. The number of alkyl halides is 2. The first-order chi connectivity index (χ1) is 12.9. The van der Waals surface area contributed by atoms with Crippen LogP contribution in [0, 0.1) is 12.8 Å². The summed E-state index contributed by atoms with van der Waals surface area (Å²) in [6.45, 7) is 3.20. The lowest BCUT2D eigenvalue weighted by atomic mass is 9.87. The van der Waals surface area contributed by atoms with Crippen LogP contribution in [0.1, 0.15) is 30.7 Å². The van der Waals surface area contributed by atoms with Crippen LogP contribution in [-0.4, -0.2) is 51.3 Å². The van der Waals surface area contributed by atoms with Crippen LogP contribution in [0.5, 0.6) is 0 Å². The average Bonchev–Trinajstić information content (AvgIpc) is 3.02. The maximum atomic E-state index is 12.8. The van der Waals surface area contributed by atoms with Crippen molar-refractivity contribution in [3.63, 3.8) is 0 Å². The SMILES string of the molecule is Cc1cc(C(F)F)nn1CC(=O)N1CC=C(C2CCNCC2)C=C1C(=O)O. The van der Waals surface area contributed by atoms with Crippen molar-refractivity contribution in [2.24, 2.45) is 5.92 Å². The molecule has 146 valence electrons. The van der Waals surface area contributed by atoms with Gasteiger partial charge in [-0.25, -0.2) is 13.6 Å². The highest BCUT2D eigenvalue weighted by Gasteiger charge is 2.29. The van der Waals surface area contributed by atoms with Crippen molar-refractivity contribution in [1.29, 1.82) is 0 Å². The highest BCUT2D eigenvalue weighted by atomic mass is 19.3. The number of carbonyl (C=O) groups excluding carboxylic acids is 1. The molecule has 0 atom stereocenters. The van der Waals surface area contributed by atoms with Gasteiger partial charge in [0.1, 0.15) is 17.9 Å². The van der Waals surface area contributed by atoms with Crippen molar-refractivity contribution in [2.45, 2.75) is 32.7 Å². The quantitative estimate of drug-likeness (QED) is 0.814. The van der Waals surface area contributed by atoms with Crippen LogP contribution in [0.15, 0.2) is 29.5 Å². The number of rotatable bonds is 5. The van der Waals surface area contributed by atoms with E-state index in [2.05, 4.69) is 10.4 Å². The predicted octanol–water partition coefficient (Wildman–Crippen LogP) is 1.87. The molecule has 7 nitrogen and oxygen atoms in total. The fraction of sp³-hybridized carbons (Fsp3) is 0.500. The molecular formula is C18H22F2N4O3. The maximum Gasteiger partial charge on any atom is 0.352 e. The summed E-state index contributed by atoms with van der Waals surface area (Å²) < 4.78 is 26.7. The summed E-state index contributed by atoms with van der Waals surface area (Å²) in [6, 6.07) is 1.22. The lowest BCUT2D eigenvalue weighted by molar-refractivity contribution is -0.139. The van der Waals surface area contributed by atoms with E-state index in [0.29, 0.717) is 5.69 Å². The third kappa shape index (κ3) is 4.24. The zero-order chi connectivity index (χ0) is 19.6. The lowest BCUT2D eigenvalue weighted by Crippen LogP contribution is -2.39. The molecule has 1 aromatic heterocycles. The van der Waals surface area contributed by atoms with Crippen LogP contribution in [0.3, 0.4) is 0 Å². The summed E-state index contributed by atoms with van der Waals surface area (Å²) >= 11 is 0. The van der Waals surface area contributed by atoms with Gasteiger partial charge in [0.25, 0.3) is 6.43 Å². The second-order valence-electron chi connectivity index (χ2n) is 6.74. The number of allylic oxidation sites excluding steroid dienone is 2. The molecule has 2 aliphatic heterocycles. The summed E-state index contributed by atoms with van der Waals surface area (Å²) in [4.78, 5) is 25.5. The number of nitrogens with zero attached hydrogens (tertiary/aromatic N) is 3. The Labute approximate surface area is 155 Å². The zero-order valence-electron chi connectivity index (χ0n) is 15.0. The molecule has 0 aromatic carbocycles. The number of hydrogen-bond donors (Lipinski definition) is 2. The number of carboxylic acids is 1. The number of carbonyl (C=O) groups is 2. The van der Waals surface area contributed by atoms with E-state index in [0.717, 1.165) is 36.4 Å². The lowest BCUT2D eigenvalue weighted by Gasteiger charge is -2.30. The molecule has 1 amide bonds. The first-order valence-electron chi connectivity index (χ1n) is 8.85. The highest BCUT2D eigenvalue weighted by molar-refractivity contribution is 5.93. The molecule has 2 aliphatic rings. The number of amides is 1. The Hall–Kier alpha value is -2.55. The van der Waals surface area contributed by atoms with Crippen molar-refractivity contribution in [1.82, 2.24) is 20.0 Å². The van der Waals surface area contributed by atoms with Gasteiger partial charge >= 0.3 is 5.97 Å². The summed E-state index contributed by atoms with van der Waals surface area (Å²) in [7, 11) is 0. The van der Waals surface area contributed by atoms with Crippen LogP contribution >= 0.6 is 0 Å². The summed E-state index contributed by atoms with van der Waals surface area (Å²) in [5, 5.41) is 16.5. The van der Waals surface area contributed by atoms with E-state index in [9.17, 15) is 23.5 Å². The van der Waals surface area contributed by atoms with Gasteiger partial charge in [-0.2, -0.15) is 5.10 Å². The minimum Gasteiger partial charge on any atom is -0.477 e. The second-order valence-corrected chi connectivity index (χ2v) is 6.74. The Balaban J connectivity index is 1.76. The Morgan fingerprint density at radius 2 is 2.07 bits per heavy atom. The number of nitrogens with one attached hydrogen (secondary N) is 1. The number of aromatic nitrogens is 2. The molecule has 27 heavy (non-hydrogen) atoms. The van der Waals surface area contributed by atoms with E-state index >= 15 is 0 Å². The van der Waals surface area contributed by atoms with Gasteiger partial charge in [-0.3, -0.25) is 9.48 Å². The average molecular weight is 380 g/mol. The topological polar surface area (TPSA) is 87.5 Å². The van der Waals surface area contributed by atoms with Crippen LogP contribution in [-0.2, 0) is 16.1 Å². The van der Waals surface area contributed by atoms with Crippen molar-refractivity contribution in [2.75, 3.05) is 19.6 Å². The zero-order valence-corrected chi connectivity index (χ0v) is 15.0. The number of halogens is 2. The molecule has 3 heterocycles. The van der Waals surface area contributed by atoms with E-state index in [1.807, 2.05) is 6.08 Å². The van der Waals surface area contributed by atoms with Crippen LogP contribution in [0.4, 0.5) is 8.78 Å². The smallest absolute Gasteiger partial charge is 0.352 e. The van der Waals surface area contributed by atoms with Gasteiger partial charge in [0.05, 0.1) is 0 Å². The Bertz CT molecular complexity index is 795. The number of aliphatic carboxylic acids is 1. The third-order valence-electron chi connectivity index (χ3n) is 4.94. The number of piperidine rings is 1. The van der Waals surface area contributed by atoms with Crippen molar-refractivity contribution in [3.05, 3.63) is 40.9 Å². The Kier molecular flexibility index (Phi) is 5.69. The van der Waals surface area contributed by atoms with E-state index in [-0.39, 0.29) is 24.7 Å². The fourth-order valence-corrected chi connectivity index (χ4v) is 3.46. The summed E-state index contributed by atoms with van der Waals surface area (Å²) in [5.41, 5.74) is 0.867. The summed E-state index contributed by atoms with van der Waals surface area (Å²) in [6.07, 6.45) is 2.55. The number of aryl methyl sites for hydroxylation is 1. The van der Waals surface area contributed by atoms with Crippen LogP contribution in [0.25, 0.3) is 0 Å². The second kappa shape index (κ2) is 7.99. The summed E-state index contributed by atoms with van der Waals surface area (Å²) in [5.74, 6) is -1.41. The van der Waals surface area contributed by atoms with Gasteiger partial charge < -0.3 is 15.3 Å². The van der Waals surface area contributed by atoms with Gasteiger partial charge in [0.15, 0.2) is 0 Å². The fourth-order valence-electron chi connectivity index (χ4n) is 3.46. The van der Waals surface area contributed by atoms with Gasteiger partial charge in [0.2, 0.25) is 5.91 Å². The predicted molar refractivity (Wildman–Crippen MR) is 93.0 cm³/mol. The van der Waals surface area contributed by atoms with E-state index in [1.54, 1.807) is 13.0 Å². The van der Waals surface area contributed by atoms with Crippen molar-refractivity contribution >= 4 is 11.9 Å². The molecule has 0 bridgehead atoms. The van der Waals surface area contributed by atoms with Gasteiger partial charge in [0, 0.05) is 12.2 Å². The Morgan fingerprint density at radius 1 is 1.37 bits per heavy atom. The standard InChI is InChI=1S/C18H22F2N4O3/c1-11-8-14(17(19)20)22-24(11)10-16(25)23-7-4-13(9-15(23)18(26)27)12-2-5-21-6-3-12/h4,8-9,12,17,21H,2-3,5-7,10H2,1H3,(H,26,27). The normalized spacial score (nSPS) is 18.4. The third-order valence-corrected chi connectivity index (χ3v) is 4.94. The van der Waals surface area contributed by atoms with Gasteiger partial charge in [-0.1, -0.05) is 6.08 Å². The molecule has 0 radical (unpaired) electrons. The number of hydrogen-bond acceptors (Lipinski definition) is 4. The molecule has 0 unspecified atom stereocenters.